The highest BCUT2D eigenvalue weighted by molar-refractivity contribution is 7.14. The Hall–Kier alpha value is -3.06. The first-order chi connectivity index (χ1) is 11.5. The van der Waals surface area contributed by atoms with Crippen LogP contribution >= 0.6 is 11.3 Å². The van der Waals surface area contributed by atoms with Crippen molar-refractivity contribution in [3.8, 4) is 11.3 Å². The minimum atomic E-state index is -0.446. The van der Waals surface area contributed by atoms with Gasteiger partial charge in [-0.15, -0.1) is 11.3 Å². The predicted octanol–water partition coefficient (Wildman–Crippen LogP) is 4.28. The maximum Gasteiger partial charge on any atom is 0.269 e. The quantitative estimate of drug-likeness (QED) is 0.568. The van der Waals surface area contributed by atoms with Gasteiger partial charge in [-0.1, -0.05) is 17.7 Å². The number of benzene rings is 2. The molecule has 7 heteroatoms. The van der Waals surface area contributed by atoms with Crippen molar-refractivity contribution in [1.29, 1.82) is 0 Å². The zero-order chi connectivity index (χ0) is 17.1. The number of carbonyl (C=O) groups excluding carboxylic acids is 1. The first kappa shape index (κ1) is 15.8. The van der Waals surface area contributed by atoms with Crippen molar-refractivity contribution in [1.82, 2.24) is 4.98 Å². The van der Waals surface area contributed by atoms with Gasteiger partial charge in [0.25, 0.3) is 11.6 Å². The van der Waals surface area contributed by atoms with Gasteiger partial charge in [0, 0.05) is 28.6 Å². The van der Waals surface area contributed by atoms with Gasteiger partial charge in [-0.2, -0.15) is 0 Å². The van der Waals surface area contributed by atoms with E-state index in [0.717, 1.165) is 11.1 Å². The number of nitro groups is 1. The van der Waals surface area contributed by atoms with Crippen LogP contribution in [-0.2, 0) is 0 Å². The lowest BCUT2D eigenvalue weighted by molar-refractivity contribution is -0.384. The first-order valence-corrected chi connectivity index (χ1v) is 7.99. The van der Waals surface area contributed by atoms with E-state index in [4.69, 9.17) is 0 Å². The summed E-state index contributed by atoms with van der Waals surface area (Å²) in [4.78, 5) is 26.8. The van der Waals surface area contributed by atoms with Crippen molar-refractivity contribution in [2.45, 2.75) is 6.92 Å². The number of rotatable bonds is 4. The van der Waals surface area contributed by atoms with Gasteiger partial charge >= 0.3 is 0 Å². The summed E-state index contributed by atoms with van der Waals surface area (Å²) in [6, 6.07) is 13.4. The van der Waals surface area contributed by atoms with Crippen molar-refractivity contribution in [2.75, 3.05) is 5.32 Å². The van der Waals surface area contributed by atoms with Gasteiger partial charge < -0.3 is 0 Å². The number of carbonyl (C=O) groups is 1. The maximum atomic E-state index is 12.2. The van der Waals surface area contributed by atoms with Gasteiger partial charge in [-0.3, -0.25) is 20.2 Å². The highest BCUT2D eigenvalue weighted by atomic mass is 32.1. The minimum absolute atomic E-state index is 0.0295. The summed E-state index contributed by atoms with van der Waals surface area (Å²) in [5, 5.41) is 15.7. The molecule has 2 aromatic carbocycles. The SMILES string of the molecule is Cc1ccc(C(=O)Nc2nc(-c3ccc([N+](=O)[O-])cc3)cs2)cc1. The van der Waals surface area contributed by atoms with Crippen LogP contribution in [0.25, 0.3) is 11.3 Å². The maximum absolute atomic E-state index is 12.2. The second-order valence-corrected chi connectivity index (χ2v) is 6.02. The fraction of sp³-hybridized carbons (Fsp3) is 0.0588. The van der Waals surface area contributed by atoms with Crippen LogP contribution in [0.1, 0.15) is 15.9 Å². The molecule has 0 bridgehead atoms. The van der Waals surface area contributed by atoms with Gasteiger partial charge in [0.2, 0.25) is 0 Å². The van der Waals surface area contributed by atoms with Crippen molar-refractivity contribution >= 4 is 28.1 Å². The van der Waals surface area contributed by atoms with Gasteiger partial charge in [-0.25, -0.2) is 4.98 Å². The number of non-ortho nitro benzene ring substituents is 1. The lowest BCUT2D eigenvalue weighted by Crippen LogP contribution is -2.11. The van der Waals surface area contributed by atoms with Gasteiger partial charge in [0.1, 0.15) is 0 Å². The molecule has 0 saturated carbocycles. The fourth-order valence-corrected chi connectivity index (χ4v) is 2.81. The molecule has 0 fully saturated rings. The third-order valence-corrected chi connectivity index (χ3v) is 4.17. The lowest BCUT2D eigenvalue weighted by atomic mass is 10.1. The summed E-state index contributed by atoms with van der Waals surface area (Å²) in [6.07, 6.45) is 0. The van der Waals surface area contributed by atoms with Crippen molar-refractivity contribution in [3.05, 3.63) is 75.2 Å². The first-order valence-electron chi connectivity index (χ1n) is 7.11. The zero-order valence-electron chi connectivity index (χ0n) is 12.7. The Balaban J connectivity index is 1.74. The molecule has 1 amide bonds. The summed E-state index contributed by atoms with van der Waals surface area (Å²) in [5.74, 6) is -0.223. The number of hydrogen-bond donors (Lipinski definition) is 1. The van der Waals surface area contributed by atoms with Crippen LogP contribution in [0.15, 0.2) is 53.9 Å². The number of nitrogens with zero attached hydrogens (tertiary/aromatic N) is 2. The molecule has 3 rings (SSSR count). The van der Waals surface area contributed by atoms with E-state index >= 15 is 0 Å². The van der Waals surface area contributed by atoms with E-state index in [1.807, 2.05) is 19.1 Å². The molecule has 6 nitrogen and oxygen atoms in total. The molecule has 0 aliphatic carbocycles. The number of aryl methyl sites for hydroxylation is 1. The van der Waals surface area contributed by atoms with E-state index in [0.29, 0.717) is 16.4 Å². The van der Waals surface area contributed by atoms with Gasteiger partial charge in [0.15, 0.2) is 5.13 Å². The van der Waals surface area contributed by atoms with E-state index in [-0.39, 0.29) is 11.6 Å². The van der Waals surface area contributed by atoms with Crippen LogP contribution in [0, 0.1) is 17.0 Å². The van der Waals surface area contributed by atoms with Crippen molar-refractivity contribution < 1.29 is 9.72 Å². The zero-order valence-corrected chi connectivity index (χ0v) is 13.5. The Bertz CT molecular complexity index is 886. The molecular weight excluding hydrogens is 326 g/mol. The van der Waals surface area contributed by atoms with Gasteiger partial charge in [-0.05, 0) is 31.2 Å². The lowest BCUT2D eigenvalue weighted by Gasteiger charge is -2.02. The molecule has 0 radical (unpaired) electrons. The average Bonchev–Trinajstić information content (AvgIpc) is 3.04. The Morgan fingerprint density at radius 3 is 2.42 bits per heavy atom. The topological polar surface area (TPSA) is 85.1 Å². The fourth-order valence-electron chi connectivity index (χ4n) is 2.09. The molecule has 0 spiro atoms. The van der Waals surface area contributed by atoms with Crippen LogP contribution < -0.4 is 5.32 Å². The molecular formula is C17H13N3O3S. The molecule has 1 aromatic heterocycles. The van der Waals surface area contributed by atoms with Crippen LogP contribution in [0.2, 0.25) is 0 Å². The second kappa shape index (κ2) is 6.59. The summed E-state index contributed by atoms with van der Waals surface area (Å²) in [7, 11) is 0. The monoisotopic (exact) mass is 339 g/mol. The number of amides is 1. The summed E-state index contributed by atoms with van der Waals surface area (Å²) in [6.45, 7) is 1.96. The number of thiazole rings is 1. The van der Waals surface area contributed by atoms with E-state index < -0.39 is 4.92 Å². The normalized spacial score (nSPS) is 10.4. The summed E-state index contributed by atoms with van der Waals surface area (Å²) >= 11 is 1.30. The summed E-state index contributed by atoms with van der Waals surface area (Å²) in [5.41, 5.74) is 3.10. The third-order valence-electron chi connectivity index (χ3n) is 3.41. The summed E-state index contributed by atoms with van der Waals surface area (Å²) < 4.78 is 0. The highest BCUT2D eigenvalue weighted by Crippen LogP contribution is 2.26. The Labute approximate surface area is 141 Å². The van der Waals surface area contributed by atoms with E-state index in [1.54, 1.807) is 29.6 Å². The second-order valence-electron chi connectivity index (χ2n) is 5.16. The van der Waals surface area contributed by atoms with Crippen molar-refractivity contribution in [2.24, 2.45) is 0 Å². The van der Waals surface area contributed by atoms with Crippen LogP contribution in [0.4, 0.5) is 10.8 Å². The minimum Gasteiger partial charge on any atom is -0.298 e. The Morgan fingerprint density at radius 1 is 1.12 bits per heavy atom. The smallest absolute Gasteiger partial charge is 0.269 e. The molecule has 0 aliphatic heterocycles. The van der Waals surface area contributed by atoms with Crippen LogP contribution in [-0.4, -0.2) is 15.8 Å². The predicted molar refractivity (Wildman–Crippen MR) is 93.3 cm³/mol. The number of nitro benzene ring substituents is 1. The average molecular weight is 339 g/mol. The van der Waals surface area contributed by atoms with Gasteiger partial charge in [0.05, 0.1) is 10.6 Å². The Morgan fingerprint density at radius 2 is 1.79 bits per heavy atom. The molecule has 0 atom stereocenters. The third kappa shape index (κ3) is 3.47. The van der Waals surface area contributed by atoms with Crippen LogP contribution in [0.5, 0.6) is 0 Å². The molecule has 1 heterocycles. The molecule has 0 saturated heterocycles. The Kier molecular flexibility index (Phi) is 4.35. The van der Waals surface area contributed by atoms with Crippen molar-refractivity contribution in [3.63, 3.8) is 0 Å². The molecule has 0 aliphatic rings. The number of nitrogens with one attached hydrogen (secondary N) is 1. The van der Waals surface area contributed by atoms with E-state index in [9.17, 15) is 14.9 Å². The van der Waals surface area contributed by atoms with Crippen LogP contribution in [0.3, 0.4) is 0 Å². The molecule has 1 N–H and O–H groups in total. The van der Waals surface area contributed by atoms with E-state index in [1.165, 1.54) is 23.5 Å². The molecule has 0 unspecified atom stereocenters. The standard InChI is InChI=1S/C17H13N3O3S/c1-11-2-4-13(5-3-11)16(21)19-17-18-15(10-24-17)12-6-8-14(9-7-12)20(22)23/h2-10H,1H3,(H,18,19,21). The highest BCUT2D eigenvalue weighted by Gasteiger charge is 2.11. The largest absolute Gasteiger partial charge is 0.298 e. The van der Waals surface area contributed by atoms with E-state index in [2.05, 4.69) is 10.3 Å². The molecule has 24 heavy (non-hydrogen) atoms. The molecule has 120 valence electrons. The molecule has 3 aromatic rings. The number of anilines is 1. The number of hydrogen-bond acceptors (Lipinski definition) is 5. The number of aromatic nitrogens is 1.